The van der Waals surface area contributed by atoms with Crippen LogP contribution in [-0.2, 0) is 0 Å². The molecule has 0 saturated carbocycles. The Morgan fingerprint density at radius 1 is 1.00 bits per heavy atom. The molecule has 0 fully saturated rings. The van der Waals surface area contributed by atoms with Gasteiger partial charge in [0.15, 0.2) is 0 Å². The number of benzene rings is 1. The molecule has 0 amide bonds. The van der Waals surface area contributed by atoms with Crippen LogP contribution in [0.15, 0.2) is 12.1 Å². The predicted octanol–water partition coefficient (Wildman–Crippen LogP) is 5.07. The molecule has 0 spiro atoms. The number of hydrogen-bond donors (Lipinski definition) is 0. The largest absolute Gasteiger partial charge is 0.474 e. The summed E-state index contributed by atoms with van der Waals surface area (Å²) in [4.78, 5) is 9.38. The van der Waals surface area contributed by atoms with Gasteiger partial charge >= 0.3 is 18.2 Å². The molecule has 1 rings (SSSR count). The van der Waals surface area contributed by atoms with E-state index in [1.807, 2.05) is 0 Å². The Bertz CT molecular complexity index is 606. The van der Waals surface area contributed by atoms with E-state index in [0.717, 1.165) is 0 Å². The molecule has 1 aromatic rings. The first-order valence-electron chi connectivity index (χ1n) is 4.85. The van der Waals surface area contributed by atoms with E-state index < -0.39 is 44.6 Å². The number of hydrogen-bond acceptors (Lipinski definition) is 3. The zero-order chi connectivity index (χ0) is 17.5. The minimum Gasteiger partial charge on any atom is -0.426 e. The minimum absolute atomic E-state index is 0.225. The Hall–Kier alpha value is -1.49. The lowest BCUT2D eigenvalue weighted by molar-refractivity contribution is -0.403. The van der Waals surface area contributed by atoms with Gasteiger partial charge in [0.05, 0.1) is 9.95 Å². The molecule has 0 N–H and O–H groups in total. The van der Waals surface area contributed by atoms with Crippen LogP contribution in [0, 0.1) is 10.1 Å². The van der Waals surface area contributed by atoms with Gasteiger partial charge in [-0.25, -0.2) is 0 Å². The van der Waals surface area contributed by atoms with Crippen molar-refractivity contribution in [1.82, 2.24) is 0 Å². The molecular formula is C9H2Cl2F7NO3. The first-order chi connectivity index (χ1) is 9.70. The number of rotatable bonds is 4. The van der Waals surface area contributed by atoms with Gasteiger partial charge in [0.1, 0.15) is 10.8 Å². The molecule has 124 valence electrons. The Labute approximate surface area is 126 Å². The van der Waals surface area contributed by atoms with Gasteiger partial charge in [0, 0.05) is 12.1 Å². The molecule has 4 nitrogen and oxygen atoms in total. The van der Waals surface area contributed by atoms with Crippen molar-refractivity contribution in [3.63, 3.8) is 0 Å². The molecule has 1 aromatic carbocycles. The average molecular weight is 376 g/mol. The van der Waals surface area contributed by atoms with Gasteiger partial charge in [-0.2, -0.15) is 30.7 Å². The summed E-state index contributed by atoms with van der Waals surface area (Å²) in [5, 5.41) is 8.61. The van der Waals surface area contributed by atoms with E-state index in [0.29, 0.717) is 6.07 Å². The highest BCUT2D eigenvalue weighted by atomic mass is 35.5. The Morgan fingerprint density at radius 2 is 1.50 bits per heavy atom. The highest BCUT2D eigenvalue weighted by molar-refractivity contribution is 6.35. The molecule has 0 bridgehead atoms. The average Bonchev–Trinajstić information content (AvgIpc) is 2.31. The number of ether oxygens (including phenoxy) is 1. The monoisotopic (exact) mass is 375 g/mol. The third kappa shape index (κ3) is 3.29. The Balaban J connectivity index is 3.25. The van der Waals surface area contributed by atoms with Crippen molar-refractivity contribution in [1.29, 1.82) is 0 Å². The molecule has 0 aliphatic carbocycles. The van der Waals surface area contributed by atoms with Gasteiger partial charge in [-0.05, 0) is 0 Å². The summed E-state index contributed by atoms with van der Waals surface area (Å²) < 4.78 is 90.4. The van der Waals surface area contributed by atoms with Crippen LogP contribution in [0.4, 0.5) is 36.4 Å². The lowest BCUT2D eigenvalue weighted by Gasteiger charge is -2.28. The fraction of sp³-hybridized carbons (Fsp3) is 0.333. The van der Waals surface area contributed by atoms with Crippen LogP contribution in [0.2, 0.25) is 10.0 Å². The summed E-state index contributed by atoms with van der Waals surface area (Å²) in [5.41, 5.74) is -0.884. The van der Waals surface area contributed by atoms with Crippen LogP contribution in [0.3, 0.4) is 0 Å². The Morgan fingerprint density at radius 3 is 1.91 bits per heavy atom. The molecular weight excluding hydrogens is 374 g/mol. The van der Waals surface area contributed by atoms with Crippen molar-refractivity contribution in [3.05, 3.63) is 32.3 Å². The fourth-order valence-electron chi connectivity index (χ4n) is 1.10. The smallest absolute Gasteiger partial charge is 0.426 e. The van der Waals surface area contributed by atoms with Gasteiger partial charge in [-0.1, -0.05) is 23.2 Å². The fourth-order valence-corrected chi connectivity index (χ4v) is 1.52. The highest BCUT2D eigenvalue weighted by Crippen LogP contribution is 2.48. The van der Waals surface area contributed by atoms with E-state index in [-0.39, 0.29) is 6.07 Å². The molecule has 0 unspecified atom stereocenters. The van der Waals surface area contributed by atoms with Crippen molar-refractivity contribution in [2.75, 3.05) is 0 Å². The van der Waals surface area contributed by atoms with Gasteiger partial charge in [0.2, 0.25) is 0 Å². The van der Waals surface area contributed by atoms with Crippen LogP contribution in [0.25, 0.3) is 0 Å². The maximum atomic E-state index is 13.0. The molecule has 0 aliphatic heterocycles. The molecule has 0 aromatic heterocycles. The SMILES string of the molecule is O=[N+]([O-])c1cc(Cl)c(OC(F)(F)C(F)(F)C(F)(F)F)cc1Cl. The second-order valence-electron chi connectivity index (χ2n) is 3.68. The zero-order valence-electron chi connectivity index (χ0n) is 9.73. The highest BCUT2D eigenvalue weighted by Gasteiger charge is 2.75. The molecule has 22 heavy (non-hydrogen) atoms. The van der Waals surface area contributed by atoms with Crippen molar-refractivity contribution in [3.8, 4) is 5.75 Å². The predicted molar refractivity (Wildman–Crippen MR) is 59.7 cm³/mol. The summed E-state index contributed by atoms with van der Waals surface area (Å²) in [6.45, 7) is 0. The first kappa shape index (κ1) is 18.6. The van der Waals surface area contributed by atoms with Gasteiger partial charge < -0.3 is 4.74 Å². The summed E-state index contributed by atoms with van der Waals surface area (Å²) >= 11 is 10.6. The summed E-state index contributed by atoms with van der Waals surface area (Å²) in [6, 6.07) is 0.587. The van der Waals surface area contributed by atoms with Crippen LogP contribution in [0.5, 0.6) is 5.75 Å². The number of alkyl halides is 7. The molecule has 0 saturated heterocycles. The quantitative estimate of drug-likeness (QED) is 0.419. The number of nitro groups is 1. The van der Waals surface area contributed by atoms with Crippen LogP contribution in [0.1, 0.15) is 0 Å². The van der Waals surface area contributed by atoms with Gasteiger partial charge in [0.25, 0.3) is 5.69 Å². The first-order valence-corrected chi connectivity index (χ1v) is 5.61. The van der Waals surface area contributed by atoms with Gasteiger partial charge in [-0.15, -0.1) is 0 Å². The molecule has 0 radical (unpaired) electrons. The van der Waals surface area contributed by atoms with Crippen molar-refractivity contribution < 1.29 is 40.4 Å². The second kappa shape index (κ2) is 5.61. The van der Waals surface area contributed by atoms with E-state index >= 15 is 0 Å². The number of halogens is 9. The maximum absolute atomic E-state index is 13.0. The molecule has 0 atom stereocenters. The summed E-state index contributed by atoms with van der Waals surface area (Å²) in [7, 11) is 0. The number of nitrogens with zero attached hydrogens (tertiary/aromatic N) is 1. The number of nitro benzene ring substituents is 1. The zero-order valence-corrected chi connectivity index (χ0v) is 11.2. The topological polar surface area (TPSA) is 52.4 Å². The van der Waals surface area contributed by atoms with Crippen molar-refractivity contribution in [2.45, 2.75) is 18.2 Å². The van der Waals surface area contributed by atoms with E-state index in [4.69, 9.17) is 23.2 Å². The second-order valence-corrected chi connectivity index (χ2v) is 4.50. The lowest BCUT2D eigenvalue weighted by Crippen LogP contribution is -2.55. The van der Waals surface area contributed by atoms with E-state index in [2.05, 4.69) is 4.74 Å². The van der Waals surface area contributed by atoms with Crippen LogP contribution in [-0.4, -0.2) is 23.1 Å². The van der Waals surface area contributed by atoms with E-state index in [1.54, 1.807) is 0 Å². The van der Waals surface area contributed by atoms with Crippen LogP contribution < -0.4 is 4.74 Å². The molecule has 0 aliphatic rings. The van der Waals surface area contributed by atoms with E-state index in [1.165, 1.54) is 0 Å². The summed E-state index contributed by atoms with van der Waals surface area (Å²) in [5.74, 6) is -7.91. The molecule has 13 heteroatoms. The Kier molecular flexibility index (Phi) is 4.73. The van der Waals surface area contributed by atoms with E-state index in [9.17, 15) is 40.8 Å². The minimum atomic E-state index is -6.60. The third-order valence-electron chi connectivity index (χ3n) is 2.16. The van der Waals surface area contributed by atoms with Gasteiger partial charge in [-0.3, -0.25) is 10.1 Å². The normalized spacial score (nSPS) is 13.1. The van der Waals surface area contributed by atoms with Crippen molar-refractivity contribution in [2.24, 2.45) is 0 Å². The van der Waals surface area contributed by atoms with Crippen molar-refractivity contribution >= 4 is 28.9 Å². The lowest BCUT2D eigenvalue weighted by atomic mass is 10.2. The standard InChI is InChI=1S/C9H2Cl2F7NO3/c10-3-2-6(4(11)1-5(3)19(20)21)22-9(17,18)7(12,13)8(14,15)16/h1-2H. The maximum Gasteiger partial charge on any atom is 0.474 e. The third-order valence-corrected chi connectivity index (χ3v) is 2.76. The summed E-state index contributed by atoms with van der Waals surface area (Å²) in [6.07, 6.45) is -12.6. The molecule has 0 heterocycles. The van der Waals surface area contributed by atoms with Crippen LogP contribution >= 0.6 is 23.2 Å².